The second-order valence-corrected chi connectivity index (χ2v) is 9.94. The van der Waals surface area contributed by atoms with Gasteiger partial charge in [-0.1, -0.05) is 19.1 Å². The highest BCUT2D eigenvalue weighted by molar-refractivity contribution is 5.79. The molecule has 3 heterocycles. The summed E-state index contributed by atoms with van der Waals surface area (Å²) in [6, 6.07) is 8.00. The summed E-state index contributed by atoms with van der Waals surface area (Å²) >= 11 is 0. The molecule has 0 saturated heterocycles. The fourth-order valence-corrected chi connectivity index (χ4v) is 5.24. The number of Topliss-reactive ketones (excluding diaryl/α,β-unsaturated/α-hetero) is 1. The fourth-order valence-electron chi connectivity index (χ4n) is 5.24. The molecule has 1 unspecified atom stereocenters. The number of rotatable bonds is 8. The van der Waals surface area contributed by atoms with Crippen molar-refractivity contribution < 1.29 is 18.7 Å². The quantitative estimate of drug-likeness (QED) is 0.377. The summed E-state index contributed by atoms with van der Waals surface area (Å²) in [7, 11) is 0. The Balaban J connectivity index is 1.40. The predicted octanol–water partition coefficient (Wildman–Crippen LogP) is 6.17. The van der Waals surface area contributed by atoms with Crippen molar-refractivity contribution >= 4 is 5.78 Å². The monoisotopic (exact) mass is 489 g/mol. The molecule has 6 nitrogen and oxygen atoms in total. The molecule has 3 aromatic rings. The van der Waals surface area contributed by atoms with E-state index in [-0.39, 0.29) is 23.7 Å². The van der Waals surface area contributed by atoms with Gasteiger partial charge in [-0.25, -0.2) is 14.4 Å². The lowest BCUT2D eigenvalue weighted by Crippen LogP contribution is -2.21. The number of hydrogen-bond donors (Lipinski definition) is 0. The van der Waals surface area contributed by atoms with E-state index < -0.39 is 5.82 Å². The molecule has 0 spiro atoms. The predicted molar refractivity (Wildman–Crippen MR) is 135 cm³/mol. The highest BCUT2D eigenvalue weighted by atomic mass is 19.1. The number of ether oxygens (including phenoxy) is 2. The molecule has 1 fully saturated rings. The van der Waals surface area contributed by atoms with Crippen molar-refractivity contribution in [2.45, 2.75) is 65.4 Å². The van der Waals surface area contributed by atoms with Gasteiger partial charge in [0.2, 0.25) is 5.88 Å². The Hall–Kier alpha value is -3.35. The first-order valence-electron chi connectivity index (χ1n) is 12.8. The molecule has 1 saturated carbocycles. The van der Waals surface area contributed by atoms with Gasteiger partial charge in [0.25, 0.3) is 0 Å². The average molecular weight is 490 g/mol. The number of fused-ring (bicyclic) bond motifs is 1. The highest BCUT2D eigenvalue weighted by Crippen LogP contribution is 2.48. The summed E-state index contributed by atoms with van der Waals surface area (Å²) in [5.74, 6) is 1.76. The minimum atomic E-state index is -0.472. The van der Waals surface area contributed by atoms with Crippen LogP contribution in [0.25, 0.3) is 11.3 Å². The van der Waals surface area contributed by atoms with Crippen molar-refractivity contribution in [3.63, 3.8) is 0 Å². The van der Waals surface area contributed by atoms with Crippen molar-refractivity contribution in [3.05, 3.63) is 65.0 Å². The number of aromatic nitrogens is 3. The van der Waals surface area contributed by atoms with Crippen LogP contribution in [0, 0.1) is 24.6 Å². The summed E-state index contributed by atoms with van der Waals surface area (Å²) in [4.78, 5) is 25.4. The van der Waals surface area contributed by atoms with Crippen LogP contribution >= 0.6 is 0 Å². The van der Waals surface area contributed by atoms with Crippen LogP contribution in [0.15, 0.2) is 36.7 Å². The molecule has 5 rings (SSSR count). The molecule has 0 N–H and O–H groups in total. The maximum absolute atomic E-state index is 14.5. The van der Waals surface area contributed by atoms with E-state index in [4.69, 9.17) is 9.47 Å². The number of aryl methyl sites for hydroxylation is 2. The third-order valence-corrected chi connectivity index (χ3v) is 7.42. The number of nitrogens with zero attached hydrogens (tertiary/aromatic N) is 3. The number of halogens is 1. The topological polar surface area (TPSA) is 74.2 Å². The molecule has 188 valence electrons. The van der Waals surface area contributed by atoms with E-state index in [1.807, 2.05) is 20.8 Å². The van der Waals surface area contributed by atoms with E-state index >= 15 is 0 Å². The summed E-state index contributed by atoms with van der Waals surface area (Å²) in [5.41, 5.74) is 4.54. The zero-order valence-corrected chi connectivity index (χ0v) is 21.3. The SMILES string of the molecule is CCOc1cc(-c2cnc(C3CCc4ccc([C@H](C5CC5)[C@H](C)C(C)=O)cc4O3)c(C)n2)c(F)cn1. The first-order valence-corrected chi connectivity index (χ1v) is 12.8. The molecule has 36 heavy (non-hydrogen) atoms. The van der Waals surface area contributed by atoms with E-state index in [2.05, 4.69) is 33.2 Å². The molecule has 7 heteroatoms. The Morgan fingerprint density at radius 3 is 2.69 bits per heavy atom. The van der Waals surface area contributed by atoms with Crippen molar-refractivity contribution in [2.75, 3.05) is 6.61 Å². The average Bonchev–Trinajstić information content (AvgIpc) is 3.70. The Labute approximate surface area is 211 Å². The lowest BCUT2D eigenvalue weighted by molar-refractivity contribution is -0.121. The van der Waals surface area contributed by atoms with Gasteiger partial charge >= 0.3 is 0 Å². The summed E-state index contributed by atoms with van der Waals surface area (Å²) in [6.07, 6.45) is 6.50. The van der Waals surface area contributed by atoms with Crippen LogP contribution in [-0.4, -0.2) is 27.3 Å². The molecule has 2 aromatic heterocycles. The molecule has 1 aliphatic carbocycles. The Kier molecular flexibility index (Phi) is 6.73. The third-order valence-electron chi connectivity index (χ3n) is 7.42. The molecule has 3 atom stereocenters. The minimum Gasteiger partial charge on any atom is -0.484 e. The zero-order valence-electron chi connectivity index (χ0n) is 21.3. The van der Waals surface area contributed by atoms with E-state index in [0.717, 1.165) is 30.5 Å². The fraction of sp³-hybridized carbons (Fsp3) is 0.448. The zero-order chi connectivity index (χ0) is 25.4. The highest BCUT2D eigenvalue weighted by Gasteiger charge is 2.38. The largest absolute Gasteiger partial charge is 0.484 e. The van der Waals surface area contributed by atoms with Crippen molar-refractivity contribution in [3.8, 4) is 22.9 Å². The minimum absolute atomic E-state index is 0.00702. The van der Waals surface area contributed by atoms with Gasteiger partial charge in [-0.05, 0) is 75.5 Å². The Morgan fingerprint density at radius 2 is 2.00 bits per heavy atom. The third kappa shape index (κ3) is 4.84. The summed E-state index contributed by atoms with van der Waals surface area (Å²) in [6.45, 7) is 7.90. The number of carbonyl (C=O) groups is 1. The van der Waals surface area contributed by atoms with Gasteiger partial charge in [-0.15, -0.1) is 0 Å². The Morgan fingerprint density at radius 1 is 1.19 bits per heavy atom. The second-order valence-electron chi connectivity index (χ2n) is 9.94. The van der Waals surface area contributed by atoms with Crippen LogP contribution in [0.4, 0.5) is 4.39 Å². The summed E-state index contributed by atoms with van der Waals surface area (Å²) < 4.78 is 26.4. The van der Waals surface area contributed by atoms with Crippen LogP contribution in [-0.2, 0) is 11.2 Å². The van der Waals surface area contributed by atoms with Crippen molar-refractivity contribution in [1.82, 2.24) is 15.0 Å². The van der Waals surface area contributed by atoms with Gasteiger partial charge in [0.05, 0.1) is 30.4 Å². The van der Waals surface area contributed by atoms with Crippen molar-refractivity contribution in [2.24, 2.45) is 11.8 Å². The summed E-state index contributed by atoms with van der Waals surface area (Å²) in [5, 5.41) is 0. The molecule has 0 radical (unpaired) electrons. The lowest BCUT2D eigenvalue weighted by atomic mass is 9.80. The normalized spacial score (nSPS) is 18.6. The van der Waals surface area contributed by atoms with Gasteiger partial charge < -0.3 is 9.47 Å². The van der Waals surface area contributed by atoms with Crippen LogP contribution in [0.5, 0.6) is 11.6 Å². The first-order chi connectivity index (χ1) is 17.4. The van der Waals surface area contributed by atoms with E-state index in [0.29, 0.717) is 35.4 Å². The van der Waals surface area contributed by atoms with E-state index in [1.165, 1.54) is 24.0 Å². The number of ketones is 1. The van der Waals surface area contributed by atoms with Crippen LogP contribution in [0.1, 0.15) is 74.6 Å². The number of carbonyl (C=O) groups excluding carboxylic acids is 1. The molecule has 1 aromatic carbocycles. The molecule has 2 aliphatic rings. The number of hydrogen-bond acceptors (Lipinski definition) is 6. The second kappa shape index (κ2) is 9.96. The molecular weight excluding hydrogens is 457 g/mol. The number of pyridine rings is 1. The van der Waals surface area contributed by atoms with Gasteiger partial charge in [-0.3, -0.25) is 9.78 Å². The first kappa shape index (κ1) is 24.3. The van der Waals surface area contributed by atoms with Gasteiger partial charge in [0.1, 0.15) is 23.3 Å². The Bertz CT molecular complexity index is 1290. The van der Waals surface area contributed by atoms with Crippen molar-refractivity contribution in [1.29, 1.82) is 0 Å². The van der Waals surface area contributed by atoms with Gasteiger partial charge in [0, 0.05) is 17.5 Å². The van der Waals surface area contributed by atoms with E-state index in [9.17, 15) is 9.18 Å². The van der Waals surface area contributed by atoms with Gasteiger partial charge in [-0.2, -0.15) is 0 Å². The standard InChI is InChI=1S/C29H32FN3O3/c1-5-35-27-13-22(23(30)14-31-27)24-15-32-29(17(3)33-24)25-11-10-19-6-9-21(12-26(19)36-25)28(20-7-8-20)16(2)18(4)34/h6,9,12-16,20,25,28H,5,7-8,10-11H2,1-4H3/t16-,25?,28+/m1/s1. The molecule has 0 bridgehead atoms. The molecule has 0 amide bonds. The number of benzene rings is 1. The molecule has 1 aliphatic heterocycles. The van der Waals surface area contributed by atoms with Crippen LogP contribution < -0.4 is 9.47 Å². The lowest BCUT2D eigenvalue weighted by Gasteiger charge is -2.29. The maximum Gasteiger partial charge on any atom is 0.214 e. The smallest absolute Gasteiger partial charge is 0.214 e. The maximum atomic E-state index is 14.5. The molecular formula is C29H32FN3O3. The van der Waals surface area contributed by atoms with Crippen LogP contribution in [0.3, 0.4) is 0 Å². The van der Waals surface area contributed by atoms with Crippen LogP contribution in [0.2, 0.25) is 0 Å². The van der Waals surface area contributed by atoms with Gasteiger partial charge in [0.15, 0.2) is 5.82 Å². The van der Waals surface area contributed by atoms with E-state index in [1.54, 1.807) is 19.2 Å².